The normalized spacial score (nSPS) is 9.89. The molecule has 0 aliphatic heterocycles. The molecule has 0 spiro atoms. The molecular weight excluding hydrogens is 206 g/mol. The van der Waals surface area contributed by atoms with Crippen molar-refractivity contribution in [1.82, 2.24) is 0 Å². The van der Waals surface area contributed by atoms with Crippen LogP contribution in [-0.2, 0) is 11.8 Å². The van der Waals surface area contributed by atoms with E-state index in [2.05, 4.69) is 34.8 Å². The molecule has 0 amide bonds. The van der Waals surface area contributed by atoms with Gasteiger partial charge in [-0.2, -0.15) is 0 Å². The Labute approximate surface area is 73.8 Å². The Hall–Kier alpha value is 1.78. The van der Waals surface area contributed by atoms with Crippen molar-refractivity contribution in [2.24, 2.45) is 0 Å². The summed E-state index contributed by atoms with van der Waals surface area (Å²) in [6.07, 6.45) is 4.12. The Balaban J connectivity index is 0. The molecule has 9 heavy (non-hydrogen) atoms. The quantitative estimate of drug-likeness (QED) is 0.492. The topological polar surface area (TPSA) is 0 Å². The van der Waals surface area contributed by atoms with Crippen molar-refractivity contribution in [2.45, 2.75) is 0 Å². The van der Waals surface area contributed by atoms with Gasteiger partial charge in [0.2, 0.25) is 0 Å². The molecule has 0 heterocycles. The van der Waals surface area contributed by atoms with Gasteiger partial charge in [0.05, 0.1) is 0 Å². The van der Waals surface area contributed by atoms with E-state index in [9.17, 15) is 0 Å². The van der Waals surface area contributed by atoms with E-state index < -0.39 is 5.73 Å². The largest absolute Gasteiger partial charge is 0.102 e. The summed E-state index contributed by atoms with van der Waals surface area (Å²) in [5.41, 5.74) is -0.889. The van der Waals surface area contributed by atoms with Crippen molar-refractivity contribution in [3.8, 4) is 0 Å². The van der Waals surface area contributed by atoms with E-state index in [0.717, 1.165) is 0 Å². The summed E-state index contributed by atoms with van der Waals surface area (Å²) in [7, 11) is 6.19. The van der Waals surface area contributed by atoms with Gasteiger partial charge >= 0.3 is 0 Å². The van der Waals surface area contributed by atoms with E-state index in [1.165, 1.54) is 0 Å². The van der Waals surface area contributed by atoms with E-state index in [1.54, 1.807) is 21.6 Å². The molecule has 0 bridgehead atoms. The standard InChI is InChI=1S/C2H8P2S.C2H6S2/c1-4(2,3)5;1-3-4-2/h3H2,1-2H3;1-2H3. The summed E-state index contributed by atoms with van der Waals surface area (Å²) in [6, 6.07) is 0. The smallest absolute Gasteiger partial charge is 0.00793 e. The van der Waals surface area contributed by atoms with Crippen LogP contribution in [-0.4, -0.2) is 25.8 Å². The Morgan fingerprint density at radius 3 is 1.33 bits per heavy atom. The third-order valence-corrected chi connectivity index (χ3v) is 1.50. The lowest BCUT2D eigenvalue weighted by molar-refractivity contribution is 2.29. The monoisotopic (exact) mass is 220 g/mol. The molecule has 0 aromatic heterocycles. The summed E-state index contributed by atoms with van der Waals surface area (Å²) in [6.45, 7) is 4.15. The van der Waals surface area contributed by atoms with Gasteiger partial charge in [-0.05, 0) is 31.6 Å². The second-order valence-electron chi connectivity index (χ2n) is 1.77. The molecule has 0 saturated carbocycles. The first-order chi connectivity index (χ1) is 3.91. The third-order valence-electron chi connectivity index (χ3n) is 0.167. The Morgan fingerprint density at radius 2 is 1.33 bits per heavy atom. The van der Waals surface area contributed by atoms with Gasteiger partial charge in [0.25, 0.3) is 0 Å². The van der Waals surface area contributed by atoms with Crippen molar-refractivity contribution in [2.75, 3.05) is 25.8 Å². The van der Waals surface area contributed by atoms with Crippen molar-refractivity contribution in [3.63, 3.8) is 0 Å². The first kappa shape index (κ1) is 13.4. The van der Waals surface area contributed by atoms with Gasteiger partial charge in [0.1, 0.15) is 0 Å². The molecule has 1 unspecified atom stereocenters. The van der Waals surface area contributed by atoms with Crippen LogP contribution in [0.1, 0.15) is 0 Å². The van der Waals surface area contributed by atoms with Crippen LogP contribution in [0.15, 0.2) is 0 Å². The molecule has 0 radical (unpaired) electrons. The molecule has 0 nitrogen and oxygen atoms in total. The highest BCUT2D eigenvalue weighted by Crippen LogP contribution is 2.45. The van der Waals surface area contributed by atoms with Crippen molar-refractivity contribution in [1.29, 1.82) is 0 Å². The van der Waals surface area contributed by atoms with E-state index >= 15 is 0 Å². The van der Waals surface area contributed by atoms with Crippen molar-refractivity contribution < 1.29 is 0 Å². The lowest BCUT2D eigenvalue weighted by Crippen LogP contribution is -1.47. The molecule has 0 rings (SSSR count). The second-order valence-corrected chi connectivity index (χ2v) is 15.1. The second kappa shape index (κ2) is 7.88. The Kier molecular flexibility index (Phi) is 11.7. The predicted molar refractivity (Wildman–Crippen MR) is 62.9 cm³/mol. The van der Waals surface area contributed by atoms with Gasteiger partial charge in [0.15, 0.2) is 0 Å². The van der Waals surface area contributed by atoms with Crippen LogP contribution in [0.2, 0.25) is 0 Å². The van der Waals surface area contributed by atoms with Gasteiger partial charge in [-0.3, -0.25) is 0 Å². The van der Waals surface area contributed by atoms with Gasteiger partial charge in [-0.1, -0.05) is 33.4 Å². The van der Waals surface area contributed by atoms with Gasteiger partial charge in [-0.25, -0.2) is 0 Å². The Bertz CT molecular complexity index is 77.5. The van der Waals surface area contributed by atoms with Crippen molar-refractivity contribution in [3.05, 3.63) is 0 Å². The van der Waals surface area contributed by atoms with Crippen LogP contribution in [0.5, 0.6) is 0 Å². The summed E-state index contributed by atoms with van der Waals surface area (Å²) in [5, 5.41) is 0. The van der Waals surface area contributed by atoms with Crippen LogP contribution >= 0.6 is 36.2 Å². The van der Waals surface area contributed by atoms with Crippen LogP contribution in [0.25, 0.3) is 0 Å². The zero-order valence-electron chi connectivity index (χ0n) is 6.25. The molecule has 0 aliphatic carbocycles. The molecular formula is C4H14P2S3. The fourth-order valence-electron chi connectivity index (χ4n) is 0. The molecule has 0 N–H and O–H groups in total. The van der Waals surface area contributed by atoms with Crippen LogP contribution < -0.4 is 0 Å². The zero-order valence-corrected chi connectivity index (χ0v) is 10.7. The van der Waals surface area contributed by atoms with E-state index in [0.29, 0.717) is 0 Å². The molecule has 0 fully saturated rings. The van der Waals surface area contributed by atoms with Crippen LogP contribution in [0.4, 0.5) is 0 Å². The zero-order chi connectivity index (χ0) is 7.91. The van der Waals surface area contributed by atoms with Gasteiger partial charge in [-0.15, -0.1) is 8.93 Å². The maximum Gasteiger partial charge on any atom is -0.00793 e. The molecule has 5 heteroatoms. The average molecular weight is 220 g/mol. The lowest BCUT2D eigenvalue weighted by Gasteiger charge is -1.92. The first-order valence-electron chi connectivity index (χ1n) is 2.32. The SMILES string of the molecule is CP(C)(P)=S.CSSC. The molecule has 0 saturated heterocycles. The average Bonchev–Trinajstić information content (AvgIpc) is 1.61. The molecule has 0 aromatic rings. The summed E-state index contributed by atoms with van der Waals surface area (Å²) in [4.78, 5) is 0. The third kappa shape index (κ3) is 76.6. The number of hydrogen-bond donors (Lipinski definition) is 0. The molecule has 0 aromatic carbocycles. The predicted octanol–water partition coefficient (Wildman–Crippen LogP) is 3.14. The van der Waals surface area contributed by atoms with Gasteiger partial charge < -0.3 is 0 Å². The minimum absolute atomic E-state index is 0.889. The van der Waals surface area contributed by atoms with E-state index in [1.807, 2.05) is 0 Å². The Morgan fingerprint density at radius 1 is 1.22 bits per heavy atom. The number of hydrogen-bond acceptors (Lipinski definition) is 3. The molecule has 1 atom stereocenters. The maximum atomic E-state index is 4.90. The van der Waals surface area contributed by atoms with E-state index in [-0.39, 0.29) is 0 Å². The summed E-state index contributed by atoms with van der Waals surface area (Å²) in [5.74, 6) is 0. The minimum atomic E-state index is -0.889. The molecule has 0 aliphatic rings. The van der Waals surface area contributed by atoms with Crippen LogP contribution in [0.3, 0.4) is 0 Å². The molecule has 58 valence electrons. The fourth-order valence-corrected chi connectivity index (χ4v) is 0. The van der Waals surface area contributed by atoms with Gasteiger partial charge in [0, 0.05) is 0 Å². The highest BCUT2D eigenvalue weighted by atomic mass is 33.1. The highest BCUT2D eigenvalue weighted by Gasteiger charge is 1.83. The lowest BCUT2D eigenvalue weighted by atomic mass is 11.9. The maximum absolute atomic E-state index is 4.90. The summed E-state index contributed by atoms with van der Waals surface area (Å²) >= 11 is 4.90. The van der Waals surface area contributed by atoms with Crippen LogP contribution in [0, 0.1) is 0 Å². The van der Waals surface area contributed by atoms with E-state index in [4.69, 9.17) is 11.8 Å². The first-order valence-corrected chi connectivity index (χ1v) is 10.6. The summed E-state index contributed by atoms with van der Waals surface area (Å²) < 4.78 is 0. The fraction of sp³-hybridized carbons (Fsp3) is 1.00. The highest BCUT2D eigenvalue weighted by molar-refractivity contribution is 8.76. The minimum Gasteiger partial charge on any atom is -0.102 e. The van der Waals surface area contributed by atoms with Crippen molar-refractivity contribution >= 4 is 48.0 Å². The number of rotatable bonds is 1.